The molecule has 0 atom stereocenters. The Kier molecular flexibility index (Phi) is 4.12. The number of hydrogen-bond acceptors (Lipinski definition) is 3. The second-order valence-corrected chi connectivity index (χ2v) is 5.90. The molecular weight excluding hydrogens is 291 g/mol. The number of piperidine rings is 1. The number of halogens is 2. The lowest BCUT2D eigenvalue weighted by molar-refractivity contribution is 0.172. The molecule has 2 aromatic rings. The zero-order chi connectivity index (χ0) is 14.8. The lowest BCUT2D eigenvalue weighted by Crippen LogP contribution is -2.34. The topological polar surface area (TPSA) is 47.1 Å². The second kappa shape index (κ2) is 6.03. The van der Waals surface area contributed by atoms with Gasteiger partial charge in [-0.2, -0.15) is 5.10 Å². The van der Waals surface area contributed by atoms with E-state index in [1.165, 1.54) is 6.07 Å². The van der Waals surface area contributed by atoms with Crippen molar-refractivity contribution in [3.63, 3.8) is 0 Å². The minimum atomic E-state index is -0.193. The van der Waals surface area contributed by atoms with E-state index in [0.29, 0.717) is 29.0 Å². The van der Waals surface area contributed by atoms with E-state index in [1.807, 2.05) is 16.9 Å². The average Bonchev–Trinajstić information content (AvgIpc) is 2.90. The summed E-state index contributed by atoms with van der Waals surface area (Å²) < 4.78 is 15.7. The number of nitrogens with two attached hydrogens (primary N) is 1. The summed E-state index contributed by atoms with van der Waals surface area (Å²) in [6.07, 6.45) is 3.90. The van der Waals surface area contributed by atoms with E-state index in [-0.39, 0.29) is 5.82 Å². The van der Waals surface area contributed by atoms with Crippen LogP contribution in [0.5, 0.6) is 0 Å². The summed E-state index contributed by atoms with van der Waals surface area (Å²) in [6, 6.07) is 6.90. The van der Waals surface area contributed by atoms with Gasteiger partial charge in [0.1, 0.15) is 11.6 Å². The van der Waals surface area contributed by atoms with Crippen LogP contribution in [0.25, 0.3) is 0 Å². The number of nitrogens with zero attached hydrogens (tertiary/aromatic N) is 3. The van der Waals surface area contributed by atoms with Crippen molar-refractivity contribution in [1.29, 1.82) is 0 Å². The lowest BCUT2D eigenvalue weighted by Gasteiger charge is -2.32. The highest BCUT2D eigenvalue weighted by Gasteiger charge is 2.21. The molecule has 0 radical (unpaired) electrons. The van der Waals surface area contributed by atoms with Crippen molar-refractivity contribution < 1.29 is 4.39 Å². The molecule has 0 spiro atoms. The molecule has 1 fully saturated rings. The molecule has 6 heteroatoms. The molecule has 1 saturated heterocycles. The van der Waals surface area contributed by atoms with Gasteiger partial charge in [-0.05, 0) is 37.1 Å². The Labute approximate surface area is 128 Å². The number of anilines is 1. The van der Waals surface area contributed by atoms with Gasteiger partial charge in [-0.3, -0.25) is 9.58 Å². The number of rotatable bonds is 3. The molecule has 4 nitrogen and oxygen atoms in total. The molecule has 1 aromatic heterocycles. The number of hydrogen-bond donors (Lipinski definition) is 1. The highest BCUT2D eigenvalue weighted by Crippen LogP contribution is 2.24. The van der Waals surface area contributed by atoms with Crippen LogP contribution in [-0.2, 0) is 6.54 Å². The van der Waals surface area contributed by atoms with Gasteiger partial charge in [0.25, 0.3) is 0 Å². The summed E-state index contributed by atoms with van der Waals surface area (Å²) in [4.78, 5) is 2.25. The molecule has 0 bridgehead atoms. The molecule has 0 amide bonds. The molecule has 2 N–H and O–H groups in total. The molecule has 1 aliphatic rings. The predicted octanol–water partition coefficient (Wildman–Crippen LogP) is 3.09. The average molecular weight is 309 g/mol. The Morgan fingerprint density at radius 3 is 2.71 bits per heavy atom. The first-order valence-electron chi connectivity index (χ1n) is 7.09. The molecule has 3 rings (SSSR count). The fourth-order valence-electron chi connectivity index (χ4n) is 2.80. The van der Waals surface area contributed by atoms with Crippen LogP contribution in [0.3, 0.4) is 0 Å². The first-order chi connectivity index (χ1) is 10.1. The van der Waals surface area contributed by atoms with Gasteiger partial charge in [-0.1, -0.05) is 11.6 Å². The molecule has 0 saturated carbocycles. The molecule has 1 aromatic carbocycles. The number of nitrogen functional groups attached to an aromatic ring is 1. The Balaban J connectivity index is 1.60. The van der Waals surface area contributed by atoms with E-state index < -0.39 is 0 Å². The maximum absolute atomic E-state index is 13.8. The number of aromatic nitrogens is 2. The highest BCUT2D eigenvalue weighted by atomic mass is 35.5. The summed E-state index contributed by atoms with van der Waals surface area (Å²) in [5, 5.41) is 4.84. The largest absolute Gasteiger partial charge is 0.382 e. The van der Waals surface area contributed by atoms with Gasteiger partial charge in [0.15, 0.2) is 0 Å². The Morgan fingerprint density at radius 2 is 2.05 bits per heavy atom. The van der Waals surface area contributed by atoms with Gasteiger partial charge in [0, 0.05) is 36.4 Å². The van der Waals surface area contributed by atoms with Gasteiger partial charge in [0.05, 0.1) is 6.04 Å². The van der Waals surface area contributed by atoms with Crippen LogP contribution in [0.1, 0.15) is 24.4 Å². The van der Waals surface area contributed by atoms with Crippen molar-refractivity contribution in [2.24, 2.45) is 0 Å². The maximum atomic E-state index is 13.8. The fourth-order valence-corrected chi connectivity index (χ4v) is 3.00. The maximum Gasteiger partial charge on any atom is 0.145 e. The number of benzene rings is 1. The smallest absolute Gasteiger partial charge is 0.145 e. The van der Waals surface area contributed by atoms with Gasteiger partial charge >= 0.3 is 0 Å². The Bertz CT molecular complexity index is 620. The highest BCUT2D eigenvalue weighted by molar-refractivity contribution is 6.30. The van der Waals surface area contributed by atoms with E-state index in [1.54, 1.807) is 12.1 Å². The second-order valence-electron chi connectivity index (χ2n) is 5.46. The van der Waals surface area contributed by atoms with Crippen LogP contribution in [0, 0.1) is 5.82 Å². The van der Waals surface area contributed by atoms with Crippen LogP contribution in [0.4, 0.5) is 10.2 Å². The quantitative estimate of drug-likeness (QED) is 0.948. The minimum Gasteiger partial charge on any atom is -0.382 e. The minimum absolute atomic E-state index is 0.193. The lowest BCUT2D eigenvalue weighted by atomic mass is 10.0. The van der Waals surface area contributed by atoms with Gasteiger partial charge in [0.2, 0.25) is 0 Å². The molecule has 0 aliphatic carbocycles. The predicted molar refractivity (Wildman–Crippen MR) is 81.6 cm³/mol. The molecule has 2 heterocycles. The summed E-state index contributed by atoms with van der Waals surface area (Å²) in [7, 11) is 0. The Morgan fingerprint density at radius 1 is 1.29 bits per heavy atom. The van der Waals surface area contributed by atoms with E-state index in [4.69, 9.17) is 17.3 Å². The number of likely N-dealkylation sites (tertiary alicyclic amines) is 1. The molecule has 112 valence electrons. The molecular formula is C15H18ClFN4. The van der Waals surface area contributed by atoms with Crippen LogP contribution >= 0.6 is 11.6 Å². The van der Waals surface area contributed by atoms with Crippen molar-refractivity contribution in [3.8, 4) is 0 Å². The standard InChI is InChI=1S/C15H18ClFN4/c16-12-1-2-14(17)11(9-12)10-20-6-3-13(4-7-20)21-8-5-15(18)19-21/h1-2,5,8-9,13H,3-4,6-7,10H2,(H2,18,19). The normalized spacial score (nSPS) is 17.2. The van der Waals surface area contributed by atoms with Crippen LogP contribution in [0.15, 0.2) is 30.5 Å². The summed E-state index contributed by atoms with van der Waals surface area (Å²) in [6.45, 7) is 2.42. The van der Waals surface area contributed by atoms with Gasteiger partial charge in [-0.25, -0.2) is 4.39 Å². The molecule has 0 unspecified atom stereocenters. The molecule has 1 aliphatic heterocycles. The third-order valence-electron chi connectivity index (χ3n) is 3.96. The zero-order valence-electron chi connectivity index (χ0n) is 11.7. The van der Waals surface area contributed by atoms with Crippen LogP contribution in [0.2, 0.25) is 5.02 Å². The Hall–Kier alpha value is -1.59. The van der Waals surface area contributed by atoms with Crippen LogP contribution in [-0.4, -0.2) is 27.8 Å². The summed E-state index contributed by atoms with van der Waals surface area (Å²) in [5.41, 5.74) is 6.31. The third-order valence-corrected chi connectivity index (χ3v) is 4.20. The SMILES string of the molecule is Nc1ccn(C2CCN(Cc3cc(Cl)ccc3F)CC2)n1. The summed E-state index contributed by atoms with van der Waals surface area (Å²) >= 11 is 5.93. The van der Waals surface area contributed by atoms with Crippen molar-refractivity contribution >= 4 is 17.4 Å². The van der Waals surface area contributed by atoms with E-state index in [9.17, 15) is 4.39 Å². The van der Waals surface area contributed by atoms with Gasteiger partial charge < -0.3 is 5.73 Å². The van der Waals surface area contributed by atoms with Crippen LogP contribution < -0.4 is 5.73 Å². The van der Waals surface area contributed by atoms with Crippen molar-refractivity contribution in [2.45, 2.75) is 25.4 Å². The first-order valence-corrected chi connectivity index (χ1v) is 7.46. The first kappa shape index (κ1) is 14.4. The fraction of sp³-hybridized carbons (Fsp3) is 0.400. The third kappa shape index (κ3) is 3.36. The van der Waals surface area contributed by atoms with Crippen molar-refractivity contribution in [2.75, 3.05) is 18.8 Å². The van der Waals surface area contributed by atoms with Crippen molar-refractivity contribution in [1.82, 2.24) is 14.7 Å². The van der Waals surface area contributed by atoms with E-state index >= 15 is 0 Å². The monoisotopic (exact) mass is 308 g/mol. The van der Waals surface area contributed by atoms with Crippen molar-refractivity contribution in [3.05, 3.63) is 46.9 Å². The van der Waals surface area contributed by atoms with Gasteiger partial charge in [-0.15, -0.1) is 0 Å². The van der Waals surface area contributed by atoms with E-state index in [0.717, 1.165) is 25.9 Å². The zero-order valence-corrected chi connectivity index (χ0v) is 12.4. The summed E-state index contributed by atoms with van der Waals surface area (Å²) in [5.74, 6) is 0.361. The van der Waals surface area contributed by atoms with E-state index in [2.05, 4.69) is 10.00 Å². The molecule has 21 heavy (non-hydrogen) atoms.